The molecule has 0 fully saturated rings. The minimum Gasteiger partial charge on any atom is -0.399 e. The van der Waals surface area contributed by atoms with E-state index in [9.17, 15) is 0 Å². The van der Waals surface area contributed by atoms with Gasteiger partial charge in [0.15, 0.2) is 0 Å². The third-order valence-corrected chi connectivity index (χ3v) is 3.16. The summed E-state index contributed by atoms with van der Waals surface area (Å²) in [6.07, 6.45) is 2.10. The second-order valence-electron chi connectivity index (χ2n) is 3.86. The summed E-state index contributed by atoms with van der Waals surface area (Å²) >= 11 is 1.83. The van der Waals surface area contributed by atoms with Crippen molar-refractivity contribution < 1.29 is 0 Å². The van der Waals surface area contributed by atoms with E-state index in [1.54, 1.807) is 6.07 Å². The maximum atomic E-state index is 8.96. The van der Waals surface area contributed by atoms with Gasteiger partial charge >= 0.3 is 0 Å². The van der Waals surface area contributed by atoms with Gasteiger partial charge in [-0.05, 0) is 36.1 Å². The molecule has 1 rings (SSSR count). The molecular weight excluding hydrogens is 218 g/mol. The van der Waals surface area contributed by atoms with E-state index < -0.39 is 0 Å². The standard InChI is InChI=1S/C12H17N3S/c1-9(8-16-2)7-15-12-4-3-11(14)5-10(12)6-13/h3-5,9,15H,7-8,14H2,1-2H3. The summed E-state index contributed by atoms with van der Waals surface area (Å²) in [6, 6.07) is 7.51. The van der Waals surface area contributed by atoms with Crippen molar-refractivity contribution >= 4 is 23.1 Å². The summed E-state index contributed by atoms with van der Waals surface area (Å²) in [6.45, 7) is 3.06. The summed E-state index contributed by atoms with van der Waals surface area (Å²) < 4.78 is 0. The topological polar surface area (TPSA) is 61.8 Å². The van der Waals surface area contributed by atoms with Crippen molar-refractivity contribution in [2.24, 2.45) is 5.92 Å². The van der Waals surface area contributed by atoms with Crippen LogP contribution in [-0.2, 0) is 0 Å². The molecule has 1 unspecified atom stereocenters. The number of benzene rings is 1. The lowest BCUT2D eigenvalue weighted by molar-refractivity contribution is 0.701. The molecule has 1 aromatic rings. The fraction of sp³-hybridized carbons (Fsp3) is 0.417. The number of nitrogens with zero attached hydrogens (tertiary/aromatic N) is 1. The van der Waals surface area contributed by atoms with E-state index in [1.807, 2.05) is 23.9 Å². The van der Waals surface area contributed by atoms with Gasteiger partial charge in [0.2, 0.25) is 0 Å². The molecule has 0 aliphatic heterocycles. The number of anilines is 2. The lowest BCUT2D eigenvalue weighted by Gasteiger charge is -2.13. The van der Waals surface area contributed by atoms with Gasteiger partial charge in [0.05, 0.1) is 11.3 Å². The second kappa shape index (κ2) is 6.29. The predicted molar refractivity (Wildman–Crippen MR) is 71.6 cm³/mol. The van der Waals surface area contributed by atoms with Gasteiger partial charge in [-0.15, -0.1) is 0 Å². The number of nitriles is 1. The van der Waals surface area contributed by atoms with Gasteiger partial charge in [-0.25, -0.2) is 0 Å². The first-order chi connectivity index (χ1) is 7.67. The maximum Gasteiger partial charge on any atom is 0.101 e. The van der Waals surface area contributed by atoms with E-state index in [0.29, 0.717) is 17.2 Å². The van der Waals surface area contributed by atoms with E-state index in [1.165, 1.54) is 0 Å². The zero-order chi connectivity index (χ0) is 12.0. The van der Waals surface area contributed by atoms with Gasteiger partial charge in [0.25, 0.3) is 0 Å². The fourth-order valence-corrected chi connectivity index (χ4v) is 2.12. The van der Waals surface area contributed by atoms with Crippen molar-refractivity contribution in [2.45, 2.75) is 6.92 Å². The van der Waals surface area contributed by atoms with Crippen LogP contribution >= 0.6 is 11.8 Å². The molecule has 1 aromatic carbocycles. The Morgan fingerprint density at radius 1 is 1.56 bits per heavy atom. The first-order valence-corrected chi connectivity index (χ1v) is 6.59. The Morgan fingerprint density at radius 2 is 2.31 bits per heavy atom. The Balaban J connectivity index is 2.64. The minimum atomic E-state index is 0.582. The van der Waals surface area contributed by atoms with Gasteiger partial charge in [0.1, 0.15) is 6.07 Å². The van der Waals surface area contributed by atoms with Crippen molar-refractivity contribution in [3.05, 3.63) is 23.8 Å². The Kier molecular flexibility index (Phi) is 5.00. The third kappa shape index (κ3) is 3.67. The van der Waals surface area contributed by atoms with Gasteiger partial charge in [-0.2, -0.15) is 17.0 Å². The molecule has 0 heterocycles. The predicted octanol–water partition coefficient (Wildman–Crippen LogP) is 2.55. The lowest BCUT2D eigenvalue weighted by Crippen LogP contribution is -2.14. The van der Waals surface area contributed by atoms with Crippen LogP contribution in [0.3, 0.4) is 0 Å². The highest BCUT2D eigenvalue weighted by atomic mass is 32.2. The van der Waals surface area contributed by atoms with Crippen molar-refractivity contribution in [3.8, 4) is 6.07 Å². The third-order valence-electron chi connectivity index (χ3n) is 2.26. The number of nitrogens with two attached hydrogens (primary N) is 1. The van der Waals surface area contributed by atoms with Gasteiger partial charge < -0.3 is 11.1 Å². The normalized spacial score (nSPS) is 11.8. The van der Waals surface area contributed by atoms with Crippen LogP contribution < -0.4 is 11.1 Å². The van der Waals surface area contributed by atoms with Crippen LogP contribution in [-0.4, -0.2) is 18.6 Å². The zero-order valence-electron chi connectivity index (χ0n) is 9.66. The average molecular weight is 235 g/mol. The van der Waals surface area contributed by atoms with Gasteiger partial charge in [0, 0.05) is 12.2 Å². The SMILES string of the molecule is CSCC(C)CNc1ccc(N)cc1C#N. The fourth-order valence-electron chi connectivity index (χ4n) is 1.44. The van der Waals surface area contributed by atoms with Crippen LogP contribution in [0.2, 0.25) is 0 Å². The molecule has 4 heteroatoms. The van der Waals surface area contributed by atoms with E-state index >= 15 is 0 Å². The van der Waals surface area contributed by atoms with Crippen molar-refractivity contribution in [3.63, 3.8) is 0 Å². The Labute approximate surface area is 101 Å². The molecule has 0 radical (unpaired) electrons. The van der Waals surface area contributed by atoms with Crippen LogP contribution in [0.5, 0.6) is 0 Å². The molecule has 0 saturated carbocycles. The van der Waals surface area contributed by atoms with Crippen molar-refractivity contribution in [1.29, 1.82) is 5.26 Å². The van der Waals surface area contributed by atoms with E-state index in [2.05, 4.69) is 24.6 Å². The molecule has 1 atom stereocenters. The molecule has 0 aliphatic carbocycles. The summed E-state index contributed by atoms with van der Waals surface area (Å²) in [4.78, 5) is 0. The molecule has 0 aromatic heterocycles. The van der Waals surface area contributed by atoms with Crippen LogP contribution in [0.15, 0.2) is 18.2 Å². The number of nitrogen functional groups attached to an aromatic ring is 1. The molecule has 3 N–H and O–H groups in total. The van der Waals surface area contributed by atoms with Gasteiger partial charge in [-0.1, -0.05) is 6.92 Å². The molecule has 16 heavy (non-hydrogen) atoms. The largest absolute Gasteiger partial charge is 0.399 e. The van der Waals surface area contributed by atoms with Crippen LogP contribution in [0.1, 0.15) is 12.5 Å². The van der Waals surface area contributed by atoms with E-state index in [0.717, 1.165) is 18.0 Å². The number of nitrogens with one attached hydrogen (secondary N) is 1. The molecule has 0 saturated heterocycles. The van der Waals surface area contributed by atoms with Crippen LogP contribution in [0.4, 0.5) is 11.4 Å². The Bertz CT molecular complexity index is 384. The molecular formula is C12H17N3S. The highest BCUT2D eigenvalue weighted by Gasteiger charge is 2.04. The molecule has 0 spiro atoms. The zero-order valence-corrected chi connectivity index (χ0v) is 10.5. The highest BCUT2D eigenvalue weighted by molar-refractivity contribution is 7.98. The monoisotopic (exact) mass is 235 g/mol. The summed E-state index contributed by atoms with van der Waals surface area (Å²) in [5, 5.41) is 12.2. The Hall–Kier alpha value is -1.34. The molecule has 3 nitrogen and oxygen atoms in total. The summed E-state index contributed by atoms with van der Waals surface area (Å²) in [7, 11) is 0. The second-order valence-corrected chi connectivity index (χ2v) is 4.77. The van der Waals surface area contributed by atoms with E-state index in [-0.39, 0.29) is 0 Å². The number of hydrogen-bond acceptors (Lipinski definition) is 4. The number of hydrogen-bond donors (Lipinski definition) is 2. The van der Waals surface area contributed by atoms with Crippen LogP contribution in [0, 0.1) is 17.2 Å². The Morgan fingerprint density at radius 3 is 2.94 bits per heavy atom. The highest BCUT2D eigenvalue weighted by Crippen LogP contribution is 2.18. The summed E-state index contributed by atoms with van der Waals surface area (Å²) in [5.74, 6) is 1.70. The molecule has 0 amide bonds. The van der Waals surface area contributed by atoms with Crippen molar-refractivity contribution in [1.82, 2.24) is 0 Å². The molecule has 86 valence electrons. The first kappa shape index (κ1) is 12.7. The molecule has 0 bridgehead atoms. The minimum absolute atomic E-state index is 0.582. The maximum absolute atomic E-state index is 8.96. The van der Waals surface area contributed by atoms with Crippen molar-refractivity contribution in [2.75, 3.05) is 29.6 Å². The number of thioether (sulfide) groups is 1. The smallest absolute Gasteiger partial charge is 0.101 e. The van der Waals surface area contributed by atoms with Gasteiger partial charge in [-0.3, -0.25) is 0 Å². The number of rotatable bonds is 5. The van der Waals surface area contributed by atoms with Crippen LogP contribution in [0.25, 0.3) is 0 Å². The average Bonchev–Trinajstić information content (AvgIpc) is 2.27. The van der Waals surface area contributed by atoms with E-state index in [4.69, 9.17) is 11.0 Å². The first-order valence-electron chi connectivity index (χ1n) is 5.19. The quantitative estimate of drug-likeness (QED) is 0.770. The molecule has 0 aliphatic rings. The lowest BCUT2D eigenvalue weighted by atomic mass is 10.1. The summed E-state index contributed by atoms with van der Waals surface area (Å²) in [5.41, 5.74) is 7.72.